The number of anilines is 1. The molecular weight excluding hydrogens is 629 g/mol. The molecule has 1 atom stereocenters. The van der Waals surface area contributed by atoms with Crippen LogP contribution >= 0.6 is 0 Å². The summed E-state index contributed by atoms with van der Waals surface area (Å²) in [5.74, 6) is 7.87. The summed E-state index contributed by atoms with van der Waals surface area (Å²) in [7, 11) is 0. The minimum atomic E-state index is -1.05. The van der Waals surface area contributed by atoms with E-state index in [0.717, 1.165) is 55.6 Å². The number of primary amides is 1. The van der Waals surface area contributed by atoms with Crippen LogP contribution < -0.4 is 16.0 Å². The van der Waals surface area contributed by atoms with Gasteiger partial charge in [-0.1, -0.05) is 24.0 Å². The number of aromatic nitrogens is 2. The molecule has 2 aromatic heterocycles. The molecule has 3 aromatic carbocycles. The largest absolute Gasteiger partial charge is 0.369 e. The molecular formula is C38H29F3N6O2. The molecule has 2 aliphatic rings. The van der Waals surface area contributed by atoms with Gasteiger partial charge in [0.2, 0.25) is 0 Å². The molecule has 1 unspecified atom stereocenters. The smallest absolute Gasteiger partial charge is 0.255 e. The number of halogens is 3. The fourth-order valence-electron chi connectivity index (χ4n) is 6.36. The number of carbonyl (C=O) groups excluding carboxylic acids is 2. The lowest BCUT2D eigenvalue weighted by Gasteiger charge is -2.29. The Morgan fingerprint density at radius 1 is 0.959 bits per heavy atom. The number of aromatic amines is 1. The van der Waals surface area contributed by atoms with E-state index in [1.807, 2.05) is 24.3 Å². The molecule has 7 rings (SSSR count). The van der Waals surface area contributed by atoms with E-state index in [1.54, 1.807) is 18.3 Å². The van der Waals surface area contributed by atoms with Crippen LogP contribution in [0.1, 0.15) is 49.9 Å². The lowest BCUT2D eigenvalue weighted by Crippen LogP contribution is -2.43. The number of pyridine rings is 1. The van der Waals surface area contributed by atoms with Gasteiger partial charge in [-0.3, -0.25) is 9.59 Å². The van der Waals surface area contributed by atoms with Crippen molar-refractivity contribution in [2.24, 2.45) is 5.73 Å². The van der Waals surface area contributed by atoms with Crippen LogP contribution in [0.25, 0.3) is 22.2 Å². The number of fused-ring (bicyclic) bond motifs is 2. The predicted octanol–water partition coefficient (Wildman–Crippen LogP) is 5.30. The molecule has 1 saturated heterocycles. The summed E-state index contributed by atoms with van der Waals surface area (Å²) in [5, 5.41) is 3.91. The normalized spacial score (nSPS) is 14.6. The molecule has 0 spiro atoms. The lowest BCUT2D eigenvalue weighted by atomic mass is 9.99. The quantitative estimate of drug-likeness (QED) is 0.215. The molecule has 49 heavy (non-hydrogen) atoms. The van der Waals surface area contributed by atoms with Gasteiger partial charge < -0.3 is 25.8 Å². The zero-order valence-corrected chi connectivity index (χ0v) is 26.1. The molecule has 1 fully saturated rings. The van der Waals surface area contributed by atoms with Gasteiger partial charge >= 0.3 is 0 Å². The van der Waals surface area contributed by atoms with Crippen molar-refractivity contribution in [3.8, 4) is 34.8 Å². The first kappa shape index (κ1) is 31.6. The fourth-order valence-corrected chi connectivity index (χ4v) is 6.36. The average Bonchev–Trinajstić information content (AvgIpc) is 3.73. The molecule has 8 nitrogen and oxygen atoms in total. The van der Waals surface area contributed by atoms with Crippen molar-refractivity contribution >= 4 is 28.5 Å². The van der Waals surface area contributed by atoms with E-state index < -0.39 is 35.3 Å². The number of rotatable bonds is 6. The topological polar surface area (TPSA) is 107 Å². The van der Waals surface area contributed by atoms with Crippen molar-refractivity contribution in [2.45, 2.75) is 19.0 Å². The van der Waals surface area contributed by atoms with E-state index >= 15 is 8.78 Å². The van der Waals surface area contributed by atoms with Crippen LogP contribution in [0, 0.1) is 41.1 Å². The second kappa shape index (κ2) is 13.2. The maximum absolute atomic E-state index is 15.6. The summed E-state index contributed by atoms with van der Waals surface area (Å²) in [5.41, 5.74) is 9.07. The third-order valence-electron chi connectivity index (χ3n) is 8.88. The van der Waals surface area contributed by atoms with Crippen molar-refractivity contribution in [1.82, 2.24) is 20.2 Å². The molecule has 244 valence electrons. The van der Waals surface area contributed by atoms with Gasteiger partial charge in [-0.2, -0.15) is 0 Å². The molecule has 2 amide bonds. The van der Waals surface area contributed by atoms with E-state index in [0.29, 0.717) is 22.2 Å². The molecule has 2 aliphatic heterocycles. The van der Waals surface area contributed by atoms with Crippen LogP contribution in [0.15, 0.2) is 73.1 Å². The number of piperazine rings is 1. The van der Waals surface area contributed by atoms with Gasteiger partial charge in [0, 0.05) is 72.8 Å². The van der Waals surface area contributed by atoms with Gasteiger partial charge in [0.1, 0.15) is 23.1 Å². The van der Waals surface area contributed by atoms with Crippen molar-refractivity contribution in [2.75, 3.05) is 31.1 Å². The van der Waals surface area contributed by atoms with Gasteiger partial charge in [0.05, 0.1) is 23.7 Å². The minimum absolute atomic E-state index is 0.0910. The number of nitrogens with one attached hydrogen (secondary N) is 2. The minimum Gasteiger partial charge on any atom is -0.369 e. The van der Waals surface area contributed by atoms with Gasteiger partial charge in [-0.15, -0.1) is 0 Å². The third kappa shape index (κ3) is 6.20. The maximum Gasteiger partial charge on any atom is 0.255 e. The Bertz CT molecular complexity index is 2240. The highest BCUT2D eigenvalue weighted by Gasteiger charge is 2.36. The highest BCUT2D eigenvalue weighted by atomic mass is 19.1. The third-order valence-corrected chi connectivity index (χ3v) is 8.88. The molecule has 5 aromatic rings. The van der Waals surface area contributed by atoms with Crippen molar-refractivity contribution in [3.63, 3.8) is 0 Å². The van der Waals surface area contributed by atoms with Crippen LogP contribution in [-0.4, -0.2) is 52.9 Å². The molecule has 4 N–H and O–H groups in total. The number of hydrogen-bond acceptors (Lipinski definition) is 5. The number of hydrogen-bond donors (Lipinski definition) is 3. The van der Waals surface area contributed by atoms with Gasteiger partial charge in [-0.25, -0.2) is 18.2 Å². The standard InChI is InChI=1S/C38H29F3N6O2/c39-25-8-11-33(40)30(20-25)35(5-3-1-2-4-27-28-12-13-44-37(28)45-21-31(27)36(42)48)47-22-32-29(38(47)49)18-24(19-34(32)41)23-6-9-26(10-7-23)46-16-14-43-15-17-46/h6-13,18-21,35,43H,5,14-17,22H2,(H2,42,48)(H,44,45). The maximum atomic E-state index is 15.6. The summed E-state index contributed by atoms with van der Waals surface area (Å²) in [6, 6.07) is 14.4. The highest BCUT2D eigenvalue weighted by molar-refractivity contribution is 6.01. The molecule has 0 bridgehead atoms. The molecule has 0 aliphatic carbocycles. The van der Waals surface area contributed by atoms with Crippen LogP contribution in [0.3, 0.4) is 0 Å². The first-order valence-electron chi connectivity index (χ1n) is 15.7. The lowest BCUT2D eigenvalue weighted by molar-refractivity contribution is 0.0700. The SMILES string of the molecule is NC(=O)c1cnc2[nH]ccc2c1C#CC#CCC(c1cc(F)ccc1F)N1Cc2c(F)cc(-c3ccc(N4CCNCC4)cc3)cc2C1=O. The first-order chi connectivity index (χ1) is 23.8. The summed E-state index contributed by atoms with van der Waals surface area (Å²) >= 11 is 0. The second-order valence-electron chi connectivity index (χ2n) is 11.8. The fraction of sp³-hybridized carbons (Fsp3) is 0.184. The molecule has 4 heterocycles. The van der Waals surface area contributed by atoms with E-state index in [1.165, 1.54) is 17.2 Å². The molecule has 11 heteroatoms. The molecule has 0 radical (unpaired) electrons. The Morgan fingerprint density at radius 2 is 1.76 bits per heavy atom. The zero-order chi connectivity index (χ0) is 34.1. The first-order valence-corrected chi connectivity index (χ1v) is 15.7. The van der Waals surface area contributed by atoms with Crippen LogP contribution in [0.5, 0.6) is 0 Å². The number of nitrogens with two attached hydrogens (primary N) is 1. The van der Waals surface area contributed by atoms with Crippen LogP contribution in [0.2, 0.25) is 0 Å². The molecule has 0 saturated carbocycles. The monoisotopic (exact) mass is 658 g/mol. The van der Waals surface area contributed by atoms with Crippen molar-refractivity contribution in [3.05, 3.63) is 118 Å². The Labute approximate surface area is 280 Å². The number of carbonyl (C=O) groups is 2. The van der Waals surface area contributed by atoms with Gasteiger partial charge in [0.25, 0.3) is 11.8 Å². The van der Waals surface area contributed by atoms with E-state index in [9.17, 15) is 14.0 Å². The van der Waals surface area contributed by atoms with Crippen molar-refractivity contribution in [1.29, 1.82) is 0 Å². The number of H-pyrrole nitrogens is 1. The van der Waals surface area contributed by atoms with E-state index in [4.69, 9.17) is 5.73 Å². The number of benzene rings is 3. The highest BCUT2D eigenvalue weighted by Crippen LogP contribution is 2.38. The summed E-state index contributed by atoms with van der Waals surface area (Å²) in [6.07, 6.45) is 2.85. The van der Waals surface area contributed by atoms with Gasteiger partial charge in [-0.05, 0) is 71.5 Å². The Hall–Kier alpha value is -6.04. The number of amides is 2. The van der Waals surface area contributed by atoms with Crippen LogP contribution in [-0.2, 0) is 6.54 Å². The predicted molar refractivity (Wildman–Crippen MR) is 180 cm³/mol. The van der Waals surface area contributed by atoms with Crippen molar-refractivity contribution < 1.29 is 22.8 Å². The Kier molecular flexibility index (Phi) is 8.52. The van der Waals surface area contributed by atoms with Crippen LogP contribution in [0.4, 0.5) is 18.9 Å². The second-order valence-corrected chi connectivity index (χ2v) is 11.8. The zero-order valence-electron chi connectivity index (χ0n) is 26.1. The van der Waals surface area contributed by atoms with E-state index in [2.05, 4.69) is 43.9 Å². The average molecular weight is 659 g/mol. The summed E-state index contributed by atoms with van der Waals surface area (Å²) in [4.78, 5) is 36.5. The Balaban J connectivity index is 1.18. The van der Waals surface area contributed by atoms with Gasteiger partial charge in [0.15, 0.2) is 0 Å². The summed E-state index contributed by atoms with van der Waals surface area (Å²) < 4.78 is 45.2. The summed E-state index contributed by atoms with van der Waals surface area (Å²) in [6.45, 7) is 3.42. The Morgan fingerprint density at radius 3 is 2.53 bits per heavy atom. The van der Waals surface area contributed by atoms with E-state index in [-0.39, 0.29) is 35.2 Å². The number of nitrogens with zero attached hydrogens (tertiary/aromatic N) is 3.